The van der Waals surface area contributed by atoms with Crippen molar-refractivity contribution in [3.63, 3.8) is 0 Å². The molecule has 0 spiro atoms. The van der Waals surface area contributed by atoms with Crippen molar-refractivity contribution in [3.05, 3.63) is 54.4 Å². The summed E-state index contributed by atoms with van der Waals surface area (Å²) >= 11 is 0. The molecule has 1 atom stereocenters. The topological polar surface area (TPSA) is 26.3 Å². The summed E-state index contributed by atoms with van der Waals surface area (Å²) < 4.78 is 10.3. The first-order valence-electron chi connectivity index (χ1n) is 5.57. The highest BCUT2D eigenvalue weighted by atomic mass is 16.3. The van der Waals surface area contributed by atoms with Crippen LogP contribution in [0, 0.1) is 0 Å². The molecule has 2 rings (SSSR count). The lowest BCUT2D eigenvalue weighted by molar-refractivity contribution is 0.562. The van der Waals surface area contributed by atoms with Crippen LogP contribution >= 0.6 is 0 Å². The smallest absolute Gasteiger partial charge is 0.0977 e. The molecule has 0 bridgehead atoms. The first-order valence-corrected chi connectivity index (χ1v) is 5.57. The van der Waals surface area contributed by atoms with Crippen molar-refractivity contribution in [1.82, 2.24) is 0 Å². The normalized spacial score (nSPS) is 14.0. The molecular formula is C14H16O2. The summed E-state index contributed by atoms with van der Waals surface area (Å²) in [5.74, 6) is 0.330. The Morgan fingerprint density at radius 2 is 2.00 bits per heavy atom. The highest BCUT2D eigenvalue weighted by molar-refractivity contribution is 5.70. The Morgan fingerprint density at radius 3 is 2.56 bits per heavy atom. The standard InChI is InChI=1S/C14H16O2/c1-3-4-14(13-6-8-16-10-13)11(2)12-5-7-15-9-12/h4-11H,3H2,1-2H3. The minimum absolute atomic E-state index is 0.330. The maximum absolute atomic E-state index is 5.15. The van der Waals surface area contributed by atoms with E-state index >= 15 is 0 Å². The number of rotatable bonds is 4. The van der Waals surface area contributed by atoms with E-state index < -0.39 is 0 Å². The molecule has 2 nitrogen and oxygen atoms in total. The van der Waals surface area contributed by atoms with E-state index in [9.17, 15) is 0 Å². The van der Waals surface area contributed by atoms with Crippen LogP contribution in [0.5, 0.6) is 0 Å². The van der Waals surface area contributed by atoms with Gasteiger partial charge in [0, 0.05) is 11.5 Å². The van der Waals surface area contributed by atoms with Gasteiger partial charge < -0.3 is 8.83 Å². The maximum atomic E-state index is 5.15. The average Bonchev–Trinajstić information content (AvgIpc) is 2.96. The molecule has 0 aliphatic carbocycles. The minimum atomic E-state index is 0.330. The van der Waals surface area contributed by atoms with E-state index in [2.05, 4.69) is 19.9 Å². The van der Waals surface area contributed by atoms with E-state index in [-0.39, 0.29) is 0 Å². The number of furan rings is 2. The van der Waals surface area contributed by atoms with Crippen LogP contribution in [0.25, 0.3) is 5.57 Å². The van der Waals surface area contributed by atoms with Crippen molar-refractivity contribution in [2.45, 2.75) is 26.2 Å². The molecule has 0 saturated carbocycles. The van der Waals surface area contributed by atoms with Crippen LogP contribution in [-0.4, -0.2) is 0 Å². The fourth-order valence-corrected chi connectivity index (χ4v) is 1.89. The van der Waals surface area contributed by atoms with Gasteiger partial charge in [-0.3, -0.25) is 0 Å². The van der Waals surface area contributed by atoms with Crippen LogP contribution in [0.2, 0.25) is 0 Å². The first-order chi connectivity index (χ1) is 7.83. The third-order valence-electron chi connectivity index (χ3n) is 2.79. The highest BCUT2D eigenvalue weighted by Gasteiger charge is 2.14. The Kier molecular flexibility index (Phi) is 3.30. The lowest BCUT2D eigenvalue weighted by atomic mass is 9.90. The summed E-state index contributed by atoms with van der Waals surface area (Å²) in [5.41, 5.74) is 3.63. The second-order valence-electron chi connectivity index (χ2n) is 3.86. The second-order valence-corrected chi connectivity index (χ2v) is 3.86. The molecule has 0 aliphatic rings. The largest absolute Gasteiger partial charge is 0.472 e. The molecule has 2 aromatic heterocycles. The second kappa shape index (κ2) is 4.88. The molecule has 0 amide bonds. The van der Waals surface area contributed by atoms with E-state index in [0.717, 1.165) is 12.0 Å². The molecule has 2 heteroatoms. The Hall–Kier alpha value is -1.70. The molecule has 1 unspecified atom stereocenters. The third kappa shape index (κ3) is 2.11. The van der Waals surface area contributed by atoms with Gasteiger partial charge >= 0.3 is 0 Å². The molecule has 0 saturated heterocycles. The number of allylic oxidation sites excluding steroid dienone is 2. The zero-order valence-corrected chi connectivity index (χ0v) is 9.64. The van der Waals surface area contributed by atoms with Gasteiger partial charge in [-0.15, -0.1) is 0 Å². The molecule has 0 radical (unpaired) electrons. The Balaban J connectivity index is 2.31. The quantitative estimate of drug-likeness (QED) is 0.753. The van der Waals surface area contributed by atoms with Crippen molar-refractivity contribution in [2.75, 3.05) is 0 Å². The van der Waals surface area contributed by atoms with Gasteiger partial charge in [0.15, 0.2) is 0 Å². The third-order valence-corrected chi connectivity index (χ3v) is 2.79. The van der Waals surface area contributed by atoms with Crippen LogP contribution in [0.3, 0.4) is 0 Å². The molecule has 0 aliphatic heterocycles. The summed E-state index contributed by atoms with van der Waals surface area (Å²) in [4.78, 5) is 0. The van der Waals surface area contributed by atoms with Crippen LogP contribution in [-0.2, 0) is 0 Å². The molecular weight excluding hydrogens is 200 g/mol. The summed E-state index contributed by atoms with van der Waals surface area (Å²) in [5, 5.41) is 0. The van der Waals surface area contributed by atoms with Crippen LogP contribution in [0.4, 0.5) is 0 Å². The van der Waals surface area contributed by atoms with Gasteiger partial charge in [-0.05, 0) is 29.7 Å². The lowest BCUT2D eigenvalue weighted by Crippen LogP contribution is -1.95. The number of hydrogen-bond acceptors (Lipinski definition) is 2. The monoisotopic (exact) mass is 216 g/mol. The van der Waals surface area contributed by atoms with Gasteiger partial charge in [-0.2, -0.15) is 0 Å². The predicted molar refractivity (Wildman–Crippen MR) is 64.1 cm³/mol. The van der Waals surface area contributed by atoms with Crippen molar-refractivity contribution >= 4 is 5.57 Å². The summed E-state index contributed by atoms with van der Waals surface area (Å²) in [6.07, 6.45) is 10.3. The van der Waals surface area contributed by atoms with E-state index in [1.54, 1.807) is 25.1 Å². The Labute approximate surface area is 95.6 Å². The first kappa shape index (κ1) is 10.8. The summed E-state index contributed by atoms with van der Waals surface area (Å²) in [6.45, 7) is 4.32. The number of hydrogen-bond donors (Lipinski definition) is 0. The molecule has 0 N–H and O–H groups in total. The molecule has 16 heavy (non-hydrogen) atoms. The zero-order chi connectivity index (χ0) is 11.4. The van der Waals surface area contributed by atoms with Gasteiger partial charge in [0.1, 0.15) is 0 Å². The SMILES string of the molecule is CCC=C(c1ccoc1)C(C)c1ccoc1. The van der Waals surface area contributed by atoms with Crippen LogP contribution in [0.15, 0.2) is 52.1 Å². The molecule has 2 aromatic rings. The van der Waals surface area contributed by atoms with Crippen LogP contribution in [0.1, 0.15) is 37.3 Å². The van der Waals surface area contributed by atoms with Crippen molar-refractivity contribution in [1.29, 1.82) is 0 Å². The van der Waals surface area contributed by atoms with Crippen molar-refractivity contribution in [2.24, 2.45) is 0 Å². The summed E-state index contributed by atoms with van der Waals surface area (Å²) in [7, 11) is 0. The maximum Gasteiger partial charge on any atom is 0.0977 e. The molecule has 0 fully saturated rings. The Morgan fingerprint density at radius 1 is 1.25 bits per heavy atom. The van der Waals surface area contributed by atoms with Crippen molar-refractivity contribution < 1.29 is 8.83 Å². The van der Waals surface area contributed by atoms with E-state index in [4.69, 9.17) is 8.83 Å². The van der Waals surface area contributed by atoms with Gasteiger partial charge in [0.2, 0.25) is 0 Å². The van der Waals surface area contributed by atoms with E-state index in [0.29, 0.717) is 5.92 Å². The highest BCUT2D eigenvalue weighted by Crippen LogP contribution is 2.32. The fraction of sp³-hybridized carbons (Fsp3) is 0.286. The molecule has 2 heterocycles. The summed E-state index contributed by atoms with van der Waals surface area (Å²) in [6, 6.07) is 4.01. The minimum Gasteiger partial charge on any atom is -0.472 e. The fourth-order valence-electron chi connectivity index (χ4n) is 1.89. The zero-order valence-electron chi connectivity index (χ0n) is 9.64. The molecule has 84 valence electrons. The van der Waals surface area contributed by atoms with Crippen molar-refractivity contribution in [3.8, 4) is 0 Å². The van der Waals surface area contributed by atoms with E-state index in [1.165, 1.54) is 11.1 Å². The van der Waals surface area contributed by atoms with Gasteiger partial charge in [0.05, 0.1) is 25.1 Å². The Bertz CT molecular complexity index is 435. The van der Waals surface area contributed by atoms with E-state index in [1.807, 2.05) is 12.1 Å². The van der Waals surface area contributed by atoms with Gasteiger partial charge in [-0.25, -0.2) is 0 Å². The lowest BCUT2D eigenvalue weighted by Gasteiger charge is -2.12. The molecule has 0 aromatic carbocycles. The predicted octanol–water partition coefficient (Wildman–Crippen LogP) is 4.47. The van der Waals surface area contributed by atoms with Gasteiger partial charge in [-0.1, -0.05) is 19.9 Å². The average molecular weight is 216 g/mol. The van der Waals surface area contributed by atoms with Crippen LogP contribution < -0.4 is 0 Å². The van der Waals surface area contributed by atoms with Gasteiger partial charge in [0.25, 0.3) is 0 Å².